The molecular formula is C14H13ClO. The molecule has 0 radical (unpaired) electrons. The zero-order chi connectivity index (χ0) is 11.5. The topological polar surface area (TPSA) is 20.2 Å². The summed E-state index contributed by atoms with van der Waals surface area (Å²) in [6, 6.07) is 15.6. The minimum atomic E-state index is -0.417. The summed E-state index contributed by atoms with van der Waals surface area (Å²) in [5.41, 5.74) is 3.18. The Balaban J connectivity index is 2.31. The van der Waals surface area contributed by atoms with E-state index >= 15 is 0 Å². The van der Waals surface area contributed by atoms with Crippen LogP contribution in [0.3, 0.4) is 0 Å². The molecule has 1 atom stereocenters. The number of hydrogen-bond donors (Lipinski definition) is 1. The van der Waals surface area contributed by atoms with Crippen molar-refractivity contribution in [1.29, 1.82) is 0 Å². The van der Waals surface area contributed by atoms with Gasteiger partial charge in [-0.2, -0.15) is 0 Å². The molecule has 0 fully saturated rings. The minimum Gasteiger partial charge on any atom is -0.389 e. The van der Waals surface area contributed by atoms with Crippen LogP contribution >= 0.6 is 11.6 Å². The van der Waals surface area contributed by atoms with E-state index < -0.39 is 6.10 Å². The summed E-state index contributed by atoms with van der Waals surface area (Å²) in [7, 11) is 0. The molecule has 0 bridgehead atoms. The monoisotopic (exact) mass is 232 g/mol. The van der Waals surface area contributed by atoms with E-state index in [1.807, 2.05) is 48.5 Å². The Bertz CT molecular complexity index is 457. The van der Waals surface area contributed by atoms with Crippen molar-refractivity contribution in [3.8, 4) is 11.1 Å². The maximum atomic E-state index is 9.40. The Morgan fingerprint density at radius 3 is 1.75 bits per heavy atom. The second kappa shape index (κ2) is 4.69. The average Bonchev–Trinajstić information content (AvgIpc) is 2.30. The van der Waals surface area contributed by atoms with Crippen LogP contribution in [0.2, 0.25) is 5.02 Å². The van der Waals surface area contributed by atoms with Gasteiger partial charge in [-0.05, 0) is 35.7 Å². The first kappa shape index (κ1) is 11.2. The van der Waals surface area contributed by atoms with Crippen molar-refractivity contribution >= 4 is 11.6 Å². The zero-order valence-electron chi connectivity index (χ0n) is 9.02. The second-order valence-corrected chi connectivity index (χ2v) is 4.24. The summed E-state index contributed by atoms with van der Waals surface area (Å²) in [5, 5.41) is 10.1. The maximum Gasteiger partial charge on any atom is 0.0761 e. The molecule has 2 rings (SSSR count). The van der Waals surface area contributed by atoms with Crippen LogP contribution in [0.1, 0.15) is 18.6 Å². The van der Waals surface area contributed by atoms with Crippen molar-refractivity contribution in [2.45, 2.75) is 13.0 Å². The van der Waals surface area contributed by atoms with Gasteiger partial charge in [0.05, 0.1) is 6.10 Å². The van der Waals surface area contributed by atoms with Crippen LogP contribution in [-0.4, -0.2) is 5.11 Å². The van der Waals surface area contributed by atoms with Gasteiger partial charge in [0.25, 0.3) is 0 Å². The Morgan fingerprint density at radius 1 is 0.875 bits per heavy atom. The molecule has 0 aliphatic carbocycles. The highest BCUT2D eigenvalue weighted by Gasteiger charge is 2.01. The standard InChI is InChI=1S/C14H13ClO/c1-10(16)11-2-4-12(5-3-11)13-6-8-14(15)9-7-13/h2-10,16H,1H3/t10-/m1/s1. The largest absolute Gasteiger partial charge is 0.389 e. The summed E-state index contributed by atoms with van der Waals surface area (Å²) >= 11 is 5.83. The van der Waals surface area contributed by atoms with Gasteiger partial charge in [0, 0.05) is 5.02 Å². The highest BCUT2D eigenvalue weighted by atomic mass is 35.5. The molecule has 0 heterocycles. The van der Waals surface area contributed by atoms with E-state index in [2.05, 4.69) is 0 Å². The van der Waals surface area contributed by atoms with Crippen LogP contribution < -0.4 is 0 Å². The maximum absolute atomic E-state index is 9.40. The molecule has 0 spiro atoms. The fraction of sp³-hybridized carbons (Fsp3) is 0.143. The third-order valence-corrected chi connectivity index (χ3v) is 2.82. The molecule has 2 aromatic rings. The fourth-order valence-electron chi connectivity index (χ4n) is 1.60. The van der Waals surface area contributed by atoms with E-state index in [9.17, 15) is 5.11 Å². The van der Waals surface area contributed by atoms with Gasteiger partial charge in [0.2, 0.25) is 0 Å². The van der Waals surface area contributed by atoms with E-state index in [0.717, 1.165) is 21.7 Å². The molecule has 1 nitrogen and oxygen atoms in total. The highest BCUT2D eigenvalue weighted by molar-refractivity contribution is 6.30. The zero-order valence-corrected chi connectivity index (χ0v) is 9.78. The molecule has 0 aliphatic heterocycles. The van der Waals surface area contributed by atoms with Gasteiger partial charge in [-0.15, -0.1) is 0 Å². The van der Waals surface area contributed by atoms with Crippen molar-refractivity contribution in [2.24, 2.45) is 0 Å². The first-order chi connectivity index (χ1) is 7.66. The summed E-state index contributed by atoms with van der Waals surface area (Å²) in [4.78, 5) is 0. The number of aliphatic hydroxyl groups is 1. The molecule has 2 heteroatoms. The van der Waals surface area contributed by atoms with Gasteiger partial charge in [-0.3, -0.25) is 0 Å². The van der Waals surface area contributed by atoms with Crippen molar-refractivity contribution < 1.29 is 5.11 Å². The first-order valence-corrected chi connectivity index (χ1v) is 5.58. The van der Waals surface area contributed by atoms with Gasteiger partial charge in [0.15, 0.2) is 0 Å². The number of aliphatic hydroxyl groups excluding tert-OH is 1. The Hall–Kier alpha value is -1.31. The lowest BCUT2D eigenvalue weighted by molar-refractivity contribution is 0.199. The van der Waals surface area contributed by atoms with Gasteiger partial charge in [-0.1, -0.05) is 48.0 Å². The van der Waals surface area contributed by atoms with Crippen LogP contribution in [0.4, 0.5) is 0 Å². The fourth-order valence-corrected chi connectivity index (χ4v) is 1.72. The normalized spacial score (nSPS) is 12.4. The Kier molecular flexibility index (Phi) is 3.28. The lowest BCUT2D eigenvalue weighted by Gasteiger charge is -2.06. The average molecular weight is 233 g/mol. The quantitative estimate of drug-likeness (QED) is 0.828. The third kappa shape index (κ3) is 2.43. The number of rotatable bonds is 2. The van der Waals surface area contributed by atoms with Crippen LogP contribution in [0.5, 0.6) is 0 Å². The molecule has 82 valence electrons. The van der Waals surface area contributed by atoms with Crippen molar-refractivity contribution in [1.82, 2.24) is 0 Å². The summed E-state index contributed by atoms with van der Waals surface area (Å²) < 4.78 is 0. The molecule has 0 saturated carbocycles. The first-order valence-electron chi connectivity index (χ1n) is 5.21. The van der Waals surface area contributed by atoms with E-state index in [1.165, 1.54) is 0 Å². The minimum absolute atomic E-state index is 0.417. The lowest BCUT2D eigenvalue weighted by atomic mass is 10.0. The van der Waals surface area contributed by atoms with Crippen molar-refractivity contribution in [3.63, 3.8) is 0 Å². The summed E-state index contributed by atoms with van der Waals surface area (Å²) in [5.74, 6) is 0. The Labute approximate surface area is 100 Å². The third-order valence-electron chi connectivity index (χ3n) is 2.57. The summed E-state index contributed by atoms with van der Waals surface area (Å²) in [6.45, 7) is 1.76. The molecular weight excluding hydrogens is 220 g/mol. The molecule has 0 aliphatic rings. The van der Waals surface area contributed by atoms with Gasteiger partial charge >= 0.3 is 0 Å². The van der Waals surface area contributed by atoms with Crippen molar-refractivity contribution in [3.05, 3.63) is 59.1 Å². The molecule has 2 aromatic carbocycles. The van der Waals surface area contributed by atoms with E-state index in [-0.39, 0.29) is 0 Å². The van der Waals surface area contributed by atoms with Crippen LogP contribution in [0.25, 0.3) is 11.1 Å². The molecule has 0 aromatic heterocycles. The number of benzene rings is 2. The van der Waals surface area contributed by atoms with Crippen LogP contribution in [0.15, 0.2) is 48.5 Å². The lowest BCUT2D eigenvalue weighted by Crippen LogP contribution is -1.89. The second-order valence-electron chi connectivity index (χ2n) is 3.80. The smallest absolute Gasteiger partial charge is 0.0761 e. The number of halogens is 1. The number of hydrogen-bond acceptors (Lipinski definition) is 1. The van der Waals surface area contributed by atoms with E-state index in [0.29, 0.717) is 0 Å². The van der Waals surface area contributed by atoms with Crippen LogP contribution in [0, 0.1) is 0 Å². The van der Waals surface area contributed by atoms with E-state index in [4.69, 9.17) is 11.6 Å². The predicted molar refractivity (Wildman–Crippen MR) is 67.5 cm³/mol. The SMILES string of the molecule is C[C@@H](O)c1ccc(-c2ccc(Cl)cc2)cc1. The van der Waals surface area contributed by atoms with Crippen LogP contribution in [-0.2, 0) is 0 Å². The van der Waals surface area contributed by atoms with Gasteiger partial charge in [-0.25, -0.2) is 0 Å². The molecule has 1 N–H and O–H groups in total. The van der Waals surface area contributed by atoms with Crippen molar-refractivity contribution in [2.75, 3.05) is 0 Å². The molecule has 0 saturated heterocycles. The van der Waals surface area contributed by atoms with Gasteiger partial charge < -0.3 is 5.11 Å². The molecule has 16 heavy (non-hydrogen) atoms. The molecule has 0 unspecified atom stereocenters. The Morgan fingerprint density at radius 2 is 1.31 bits per heavy atom. The highest BCUT2D eigenvalue weighted by Crippen LogP contribution is 2.23. The summed E-state index contributed by atoms with van der Waals surface area (Å²) in [6.07, 6.45) is -0.417. The molecule has 0 amide bonds. The predicted octanol–water partition coefficient (Wildman–Crippen LogP) is 4.06. The van der Waals surface area contributed by atoms with E-state index in [1.54, 1.807) is 6.92 Å². The van der Waals surface area contributed by atoms with Gasteiger partial charge in [0.1, 0.15) is 0 Å².